The van der Waals surface area contributed by atoms with Crippen molar-refractivity contribution in [2.45, 2.75) is 39.2 Å². The Morgan fingerprint density at radius 3 is 2.76 bits per heavy atom. The number of rotatable bonds is 7. The molecule has 1 saturated heterocycles. The number of nitrogens with zero attached hydrogens (tertiary/aromatic N) is 3. The number of aryl methyl sites for hydroxylation is 1. The Morgan fingerprint density at radius 2 is 2.08 bits per heavy atom. The molecular weight excluding hydrogens is 318 g/mol. The minimum absolute atomic E-state index is 0.293. The zero-order chi connectivity index (χ0) is 17.8. The molecule has 0 saturated carbocycles. The van der Waals surface area contributed by atoms with Gasteiger partial charge in [0.15, 0.2) is 0 Å². The van der Waals surface area contributed by atoms with E-state index < -0.39 is 5.97 Å². The second-order valence-electron chi connectivity index (χ2n) is 6.75. The molecule has 1 aromatic carbocycles. The van der Waals surface area contributed by atoms with Gasteiger partial charge in [-0.25, -0.2) is 9.78 Å². The fraction of sp³-hybridized carbons (Fsp3) is 0.579. The summed E-state index contributed by atoms with van der Waals surface area (Å²) < 4.78 is 7.67. The molecule has 0 radical (unpaired) electrons. The van der Waals surface area contributed by atoms with Crippen LogP contribution in [0.2, 0.25) is 0 Å². The molecule has 6 nitrogen and oxygen atoms in total. The summed E-state index contributed by atoms with van der Waals surface area (Å²) in [5.74, 6) is 0.500. The average molecular weight is 345 g/mol. The topological polar surface area (TPSA) is 67.6 Å². The number of carboxylic acids is 1. The first-order valence-electron chi connectivity index (χ1n) is 9.13. The normalized spacial score (nSPS) is 17.0. The van der Waals surface area contributed by atoms with Gasteiger partial charge in [-0.1, -0.05) is 13.8 Å². The lowest BCUT2D eigenvalue weighted by Crippen LogP contribution is -2.37. The van der Waals surface area contributed by atoms with Crippen molar-refractivity contribution in [3.05, 3.63) is 29.6 Å². The largest absolute Gasteiger partial charge is 0.478 e. The van der Waals surface area contributed by atoms with Crippen molar-refractivity contribution in [1.29, 1.82) is 0 Å². The number of carbonyl (C=O) groups is 1. The van der Waals surface area contributed by atoms with Gasteiger partial charge in [0.05, 0.1) is 29.8 Å². The predicted molar refractivity (Wildman–Crippen MR) is 97.3 cm³/mol. The average Bonchev–Trinajstić information content (AvgIpc) is 3.00. The fourth-order valence-electron chi connectivity index (χ4n) is 3.35. The highest BCUT2D eigenvalue weighted by molar-refractivity contribution is 5.92. The molecule has 0 bridgehead atoms. The van der Waals surface area contributed by atoms with Crippen LogP contribution >= 0.6 is 0 Å². The van der Waals surface area contributed by atoms with Crippen LogP contribution in [0.5, 0.6) is 0 Å². The molecule has 1 aliphatic rings. The van der Waals surface area contributed by atoms with Crippen LogP contribution in [0.15, 0.2) is 18.2 Å². The minimum Gasteiger partial charge on any atom is -0.478 e. The molecule has 2 heterocycles. The lowest BCUT2D eigenvalue weighted by atomic mass is 10.1. The molecule has 1 aliphatic heterocycles. The van der Waals surface area contributed by atoms with Gasteiger partial charge in [-0.05, 0) is 31.0 Å². The van der Waals surface area contributed by atoms with Crippen LogP contribution in [0.1, 0.15) is 48.8 Å². The zero-order valence-electron chi connectivity index (χ0n) is 15.1. The Bertz CT molecular complexity index is 735. The highest BCUT2D eigenvalue weighted by Gasteiger charge is 2.17. The van der Waals surface area contributed by atoms with Gasteiger partial charge < -0.3 is 14.4 Å². The maximum absolute atomic E-state index is 11.2. The SMILES string of the molecule is CCC(C)c1nc2cc(C(=O)O)ccc2n1CCCN1CCOCC1. The van der Waals surface area contributed by atoms with Crippen LogP contribution < -0.4 is 0 Å². The summed E-state index contributed by atoms with van der Waals surface area (Å²) in [6.45, 7) is 9.95. The standard InChI is InChI=1S/C19H27N3O3/c1-3-14(2)18-20-16-13-15(19(23)24)5-6-17(16)22(18)8-4-7-21-9-11-25-12-10-21/h5-6,13-14H,3-4,7-12H2,1-2H3,(H,23,24). The molecule has 1 unspecified atom stereocenters. The summed E-state index contributed by atoms with van der Waals surface area (Å²) in [6.07, 6.45) is 2.06. The summed E-state index contributed by atoms with van der Waals surface area (Å²) in [7, 11) is 0. The Balaban J connectivity index is 1.81. The predicted octanol–water partition coefficient (Wildman–Crippen LogP) is 2.97. The van der Waals surface area contributed by atoms with Gasteiger partial charge >= 0.3 is 5.97 Å². The van der Waals surface area contributed by atoms with Gasteiger partial charge in [-0.15, -0.1) is 0 Å². The van der Waals surface area contributed by atoms with Gasteiger partial charge in [0, 0.05) is 32.1 Å². The van der Waals surface area contributed by atoms with E-state index in [4.69, 9.17) is 9.72 Å². The molecule has 0 amide bonds. The van der Waals surface area contributed by atoms with Gasteiger partial charge in [-0.3, -0.25) is 4.90 Å². The molecule has 1 atom stereocenters. The van der Waals surface area contributed by atoms with E-state index >= 15 is 0 Å². The van der Waals surface area contributed by atoms with Crippen molar-refractivity contribution < 1.29 is 14.6 Å². The van der Waals surface area contributed by atoms with Gasteiger partial charge in [0.2, 0.25) is 0 Å². The molecule has 25 heavy (non-hydrogen) atoms. The number of hydrogen-bond acceptors (Lipinski definition) is 4. The number of carboxylic acid groups (broad SMARTS) is 1. The van der Waals surface area contributed by atoms with E-state index in [0.717, 1.165) is 69.1 Å². The summed E-state index contributed by atoms with van der Waals surface area (Å²) in [5, 5.41) is 9.21. The Hall–Kier alpha value is -1.92. The van der Waals surface area contributed by atoms with Crippen molar-refractivity contribution in [2.75, 3.05) is 32.8 Å². The van der Waals surface area contributed by atoms with Crippen LogP contribution in [-0.2, 0) is 11.3 Å². The van der Waals surface area contributed by atoms with E-state index in [0.29, 0.717) is 11.5 Å². The third-order valence-electron chi connectivity index (χ3n) is 5.04. The number of imidazole rings is 1. The number of benzene rings is 1. The first kappa shape index (κ1) is 17.9. The summed E-state index contributed by atoms with van der Waals surface area (Å²) in [6, 6.07) is 5.25. The quantitative estimate of drug-likeness (QED) is 0.835. The monoisotopic (exact) mass is 345 g/mol. The van der Waals surface area contributed by atoms with Crippen molar-refractivity contribution in [2.24, 2.45) is 0 Å². The zero-order valence-corrected chi connectivity index (χ0v) is 15.1. The van der Waals surface area contributed by atoms with Crippen molar-refractivity contribution in [3.8, 4) is 0 Å². The minimum atomic E-state index is -0.908. The van der Waals surface area contributed by atoms with Crippen LogP contribution in [0.25, 0.3) is 11.0 Å². The Labute approximate surface area is 148 Å². The summed E-state index contributed by atoms with van der Waals surface area (Å²) in [5.41, 5.74) is 2.10. The fourth-order valence-corrected chi connectivity index (χ4v) is 3.35. The first-order chi connectivity index (χ1) is 12.1. The summed E-state index contributed by atoms with van der Waals surface area (Å²) >= 11 is 0. The number of aromatic carboxylic acids is 1. The number of ether oxygens (including phenoxy) is 1. The number of fused-ring (bicyclic) bond motifs is 1. The van der Waals surface area contributed by atoms with Crippen molar-refractivity contribution >= 4 is 17.0 Å². The van der Waals surface area contributed by atoms with Crippen LogP contribution in [0, 0.1) is 0 Å². The van der Waals surface area contributed by atoms with Gasteiger partial charge in [-0.2, -0.15) is 0 Å². The number of aromatic nitrogens is 2. The third kappa shape index (κ3) is 4.02. The van der Waals surface area contributed by atoms with Gasteiger partial charge in [0.1, 0.15) is 5.82 Å². The maximum atomic E-state index is 11.2. The van der Waals surface area contributed by atoms with Crippen LogP contribution in [0.3, 0.4) is 0 Å². The molecule has 6 heteroatoms. The van der Waals surface area contributed by atoms with Crippen molar-refractivity contribution in [3.63, 3.8) is 0 Å². The molecule has 136 valence electrons. The Kier molecular flexibility index (Phi) is 5.71. The summed E-state index contributed by atoms with van der Waals surface area (Å²) in [4.78, 5) is 18.4. The van der Waals surface area contributed by atoms with E-state index in [9.17, 15) is 9.90 Å². The molecule has 1 fully saturated rings. The number of hydrogen-bond donors (Lipinski definition) is 1. The lowest BCUT2D eigenvalue weighted by molar-refractivity contribution is 0.0369. The lowest BCUT2D eigenvalue weighted by Gasteiger charge is -2.26. The molecule has 1 N–H and O–H groups in total. The molecule has 1 aromatic heterocycles. The van der Waals surface area contributed by atoms with E-state index in [2.05, 4.69) is 23.3 Å². The molecule has 0 spiro atoms. The highest BCUT2D eigenvalue weighted by atomic mass is 16.5. The van der Waals surface area contributed by atoms with E-state index in [1.165, 1.54) is 0 Å². The van der Waals surface area contributed by atoms with Gasteiger partial charge in [0.25, 0.3) is 0 Å². The van der Waals surface area contributed by atoms with E-state index in [-0.39, 0.29) is 0 Å². The van der Waals surface area contributed by atoms with Crippen molar-refractivity contribution in [1.82, 2.24) is 14.5 Å². The van der Waals surface area contributed by atoms with Crippen LogP contribution in [-0.4, -0.2) is 58.4 Å². The number of morpholine rings is 1. The third-order valence-corrected chi connectivity index (χ3v) is 5.04. The van der Waals surface area contributed by atoms with E-state index in [1.54, 1.807) is 12.1 Å². The highest BCUT2D eigenvalue weighted by Crippen LogP contribution is 2.25. The molecule has 3 rings (SSSR count). The first-order valence-corrected chi connectivity index (χ1v) is 9.13. The second kappa shape index (κ2) is 7.97. The molecule has 0 aliphatic carbocycles. The smallest absolute Gasteiger partial charge is 0.335 e. The van der Waals surface area contributed by atoms with Crippen LogP contribution in [0.4, 0.5) is 0 Å². The maximum Gasteiger partial charge on any atom is 0.335 e. The Morgan fingerprint density at radius 1 is 1.32 bits per heavy atom. The molecular formula is C19H27N3O3. The van der Waals surface area contributed by atoms with E-state index in [1.807, 2.05) is 6.07 Å². The molecule has 2 aromatic rings. The second-order valence-corrected chi connectivity index (χ2v) is 6.75.